The molecule has 0 aromatic rings. The van der Waals surface area contributed by atoms with Gasteiger partial charge in [-0.1, -0.05) is 20.8 Å². The Kier molecular flexibility index (Phi) is 7.75. The van der Waals surface area contributed by atoms with Crippen LogP contribution in [0, 0.1) is 11.3 Å². The lowest BCUT2D eigenvalue weighted by Crippen LogP contribution is -2.58. The minimum absolute atomic E-state index is 0. The van der Waals surface area contributed by atoms with Crippen molar-refractivity contribution in [2.24, 2.45) is 11.3 Å². The summed E-state index contributed by atoms with van der Waals surface area (Å²) in [7, 11) is -3.46. The number of hydrogen-bond donors (Lipinski definition) is 2. The van der Waals surface area contributed by atoms with E-state index in [9.17, 15) is 13.2 Å². The summed E-state index contributed by atoms with van der Waals surface area (Å²) in [5, 5.41) is 6.08. The summed E-state index contributed by atoms with van der Waals surface area (Å²) in [5.41, 5.74) is -0.000900. The van der Waals surface area contributed by atoms with E-state index in [4.69, 9.17) is 4.74 Å². The molecule has 6 nitrogen and oxygen atoms in total. The van der Waals surface area contributed by atoms with Crippen LogP contribution in [0.3, 0.4) is 0 Å². The van der Waals surface area contributed by atoms with Gasteiger partial charge in [0.2, 0.25) is 5.91 Å². The van der Waals surface area contributed by atoms with Gasteiger partial charge in [-0.2, -0.15) is 0 Å². The van der Waals surface area contributed by atoms with Crippen LogP contribution in [-0.4, -0.2) is 57.7 Å². The molecule has 0 aromatic carbocycles. The third-order valence-electron chi connectivity index (χ3n) is 5.36. The van der Waals surface area contributed by atoms with Crippen molar-refractivity contribution in [1.82, 2.24) is 10.6 Å². The number of amides is 1. The lowest BCUT2D eigenvalue weighted by Gasteiger charge is -2.41. The van der Waals surface area contributed by atoms with Crippen LogP contribution in [0.4, 0.5) is 0 Å². The molecule has 2 saturated heterocycles. The third kappa shape index (κ3) is 5.08. The Morgan fingerprint density at radius 1 is 1.28 bits per heavy atom. The first kappa shape index (κ1) is 22.7. The molecule has 0 spiro atoms. The summed E-state index contributed by atoms with van der Waals surface area (Å²) in [6, 6.07) is 0. The number of carbonyl (C=O) groups is 1. The monoisotopic (exact) mass is 396 g/mol. The molecule has 2 rings (SSSR count). The predicted octanol–water partition coefficient (Wildman–Crippen LogP) is 1.53. The molecule has 2 N–H and O–H groups in total. The van der Waals surface area contributed by atoms with E-state index in [1.54, 1.807) is 0 Å². The van der Waals surface area contributed by atoms with Gasteiger partial charge in [-0.25, -0.2) is 8.42 Å². The van der Waals surface area contributed by atoms with Crippen LogP contribution in [0.2, 0.25) is 0 Å². The molecule has 0 bridgehead atoms. The molecule has 2 aliphatic rings. The molecule has 2 heterocycles. The van der Waals surface area contributed by atoms with Crippen molar-refractivity contribution in [3.05, 3.63) is 0 Å². The van der Waals surface area contributed by atoms with Gasteiger partial charge in [0, 0.05) is 25.3 Å². The Morgan fingerprint density at radius 2 is 1.88 bits per heavy atom. The molecule has 148 valence electrons. The van der Waals surface area contributed by atoms with E-state index in [2.05, 4.69) is 31.4 Å². The maximum atomic E-state index is 12.8. The number of nitrogens with one attached hydrogen (secondary N) is 2. The maximum absolute atomic E-state index is 12.8. The van der Waals surface area contributed by atoms with Crippen molar-refractivity contribution in [2.45, 2.75) is 57.3 Å². The average Bonchev–Trinajstić information content (AvgIpc) is 2.51. The maximum Gasteiger partial charge on any atom is 0.241 e. The Labute approximate surface area is 158 Å². The lowest BCUT2D eigenvalue weighted by molar-refractivity contribution is -0.126. The molecule has 1 amide bonds. The highest BCUT2D eigenvalue weighted by atomic mass is 35.5. The van der Waals surface area contributed by atoms with Gasteiger partial charge in [0.05, 0.1) is 6.10 Å². The Morgan fingerprint density at radius 3 is 2.40 bits per heavy atom. The fourth-order valence-corrected chi connectivity index (χ4v) is 5.35. The van der Waals surface area contributed by atoms with Gasteiger partial charge >= 0.3 is 0 Å². The van der Waals surface area contributed by atoms with Crippen LogP contribution in [-0.2, 0) is 19.4 Å². The summed E-state index contributed by atoms with van der Waals surface area (Å²) < 4.78 is 29.3. The Bertz CT molecular complexity index is 553. The molecule has 0 aliphatic carbocycles. The second kappa shape index (κ2) is 8.55. The van der Waals surface area contributed by atoms with Crippen LogP contribution in [0.1, 0.15) is 46.5 Å². The zero-order valence-electron chi connectivity index (χ0n) is 15.8. The zero-order valence-corrected chi connectivity index (χ0v) is 17.4. The van der Waals surface area contributed by atoms with E-state index in [1.165, 1.54) is 6.26 Å². The van der Waals surface area contributed by atoms with Crippen molar-refractivity contribution in [2.75, 3.05) is 32.5 Å². The van der Waals surface area contributed by atoms with Gasteiger partial charge in [-0.15, -0.1) is 12.4 Å². The molecular weight excluding hydrogens is 364 g/mol. The molecule has 0 saturated carbocycles. The van der Waals surface area contributed by atoms with Gasteiger partial charge in [-0.3, -0.25) is 4.79 Å². The van der Waals surface area contributed by atoms with Crippen LogP contribution in [0.5, 0.6) is 0 Å². The molecule has 2 fully saturated rings. The van der Waals surface area contributed by atoms with Crippen molar-refractivity contribution in [1.29, 1.82) is 0 Å². The highest BCUT2D eigenvalue weighted by Crippen LogP contribution is 2.34. The number of halogens is 1. The molecule has 0 radical (unpaired) electrons. The summed E-state index contributed by atoms with van der Waals surface area (Å²) in [6.07, 6.45) is 3.90. The fraction of sp³-hybridized carbons (Fsp3) is 0.941. The van der Waals surface area contributed by atoms with Gasteiger partial charge in [0.15, 0.2) is 14.6 Å². The first-order valence-electron chi connectivity index (χ1n) is 8.88. The van der Waals surface area contributed by atoms with Crippen LogP contribution in [0.15, 0.2) is 0 Å². The van der Waals surface area contributed by atoms with Crippen molar-refractivity contribution in [3.8, 4) is 0 Å². The Balaban J connectivity index is 0.00000312. The van der Waals surface area contributed by atoms with Gasteiger partial charge < -0.3 is 15.4 Å². The smallest absolute Gasteiger partial charge is 0.241 e. The summed E-state index contributed by atoms with van der Waals surface area (Å²) in [5.74, 6) is -0.120. The number of rotatable bonds is 4. The van der Waals surface area contributed by atoms with E-state index < -0.39 is 14.6 Å². The molecule has 8 heteroatoms. The van der Waals surface area contributed by atoms with E-state index >= 15 is 0 Å². The number of sulfone groups is 1. The lowest BCUT2D eigenvalue weighted by atomic mass is 9.78. The largest absolute Gasteiger partial charge is 0.377 e. The van der Waals surface area contributed by atoms with E-state index in [0.717, 1.165) is 19.4 Å². The predicted molar refractivity (Wildman–Crippen MR) is 102 cm³/mol. The minimum atomic E-state index is -3.46. The number of ether oxygens (including phenoxy) is 1. The fourth-order valence-electron chi connectivity index (χ4n) is 3.99. The summed E-state index contributed by atoms with van der Waals surface area (Å²) >= 11 is 0. The SMILES string of the molecule is CC(C)(C)C1OCCCC1CNC(=O)C1(S(C)(=O)=O)CCNCC1.Cl. The molecule has 0 aromatic heterocycles. The minimum Gasteiger partial charge on any atom is -0.377 e. The summed E-state index contributed by atoms with van der Waals surface area (Å²) in [4.78, 5) is 12.8. The molecule has 2 atom stereocenters. The molecular formula is C17H33ClN2O4S. The van der Waals surface area contributed by atoms with Crippen LogP contribution < -0.4 is 10.6 Å². The van der Waals surface area contributed by atoms with E-state index in [0.29, 0.717) is 32.5 Å². The van der Waals surface area contributed by atoms with Crippen LogP contribution >= 0.6 is 12.4 Å². The highest BCUT2D eigenvalue weighted by molar-refractivity contribution is 7.92. The number of carbonyl (C=O) groups excluding carboxylic acids is 1. The van der Waals surface area contributed by atoms with Gasteiger partial charge in [0.1, 0.15) is 0 Å². The first-order chi connectivity index (χ1) is 11.1. The zero-order chi connectivity index (χ0) is 18.0. The standard InChI is InChI=1S/C17H32N2O4S.ClH/c1-16(2,3)14-13(6-5-11-23-14)12-19-15(20)17(24(4,21)22)7-9-18-10-8-17;/h13-14,18H,5-12H2,1-4H3,(H,19,20);1H. The van der Waals surface area contributed by atoms with Gasteiger partial charge in [-0.05, 0) is 44.2 Å². The second-order valence-corrected chi connectivity index (χ2v) is 10.6. The van der Waals surface area contributed by atoms with E-state index in [-0.39, 0.29) is 35.8 Å². The number of hydrogen-bond acceptors (Lipinski definition) is 5. The highest BCUT2D eigenvalue weighted by Gasteiger charge is 2.49. The first-order valence-corrected chi connectivity index (χ1v) is 10.8. The average molecular weight is 397 g/mol. The quantitative estimate of drug-likeness (QED) is 0.752. The Hall–Kier alpha value is -0.370. The van der Waals surface area contributed by atoms with Crippen LogP contribution in [0.25, 0.3) is 0 Å². The molecule has 2 aliphatic heterocycles. The van der Waals surface area contributed by atoms with Crippen molar-refractivity contribution < 1.29 is 17.9 Å². The number of piperidine rings is 1. The summed E-state index contributed by atoms with van der Waals surface area (Å²) in [6.45, 7) is 8.76. The molecule has 2 unspecified atom stereocenters. The topological polar surface area (TPSA) is 84.5 Å². The van der Waals surface area contributed by atoms with Crippen molar-refractivity contribution in [3.63, 3.8) is 0 Å². The van der Waals surface area contributed by atoms with E-state index in [1.807, 2.05) is 0 Å². The third-order valence-corrected chi connectivity index (χ3v) is 7.37. The second-order valence-electron chi connectivity index (χ2n) is 8.29. The normalized spacial score (nSPS) is 27.2. The van der Waals surface area contributed by atoms with Gasteiger partial charge in [0.25, 0.3) is 0 Å². The molecule has 25 heavy (non-hydrogen) atoms. The van der Waals surface area contributed by atoms with Crippen molar-refractivity contribution >= 4 is 28.2 Å².